The van der Waals surface area contributed by atoms with Crippen molar-refractivity contribution in [2.45, 2.75) is 25.7 Å². The summed E-state index contributed by atoms with van der Waals surface area (Å²) in [5.41, 5.74) is 1.01. The van der Waals surface area contributed by atoms with Gasteiger partial charge < -0.3 is 10.6 Å². The first-order chi connectivity index (χ1) is 8.75. The summed E-state index contributed by atoms with van der Waals surface area (Å²) in [6.07, 6.45) is 1.25. The molecule has 1 aliphatic rings. The first-order valence-corrected chi connectivity index (χ1v) is 6.58. The third-order valence-corrected chi connectivity index (χ3v) is 3.50. The third kappa shape index (κ3) is 3.95. The second-order valence-corrected chi connectivity index (χ2v) is 4.83. The van der Waals surface area contributed by atoms with Crippen LogP contribution in [0.25, 0.3) is 0 Å². The van der Waals surface area contributed by atoms with Crippen LogP contribution in [0.1, 0.15) is 31.3 Å². The van der Waals surface area contributed by atoms with Crippen molar-refractivity contribution in [3.63, 3.8) is 0 Å². The van der Waals surface area contributed by atoms with E-state index in [0.29, 0.717) is 0 Å². The molecule has 0 bridgehead atoms. The van der Waals surface area contributed by atoms with Gasteiger partial charge in [-0.3, -0.25) is 0 Å². The molecule has 100 valence electrons. The number of benzene rings is 1. The molecule has 0 unspecified atom stereocenters. The Balaban J connectivity index is 1.72. The quantitative estimate of drug-likeness (QED) is 0.841. The largest absolute Gasteiger partial charge is 0.385 e. The summed E-state index contributed by atoms with van der Waals surface area (Å²) in [5, 5.41) is 6.64. The molecule has 1 aromatic rings. The van der Waals surface area contributed by atoms with Gasteiger partial charge in [0.1, 0.15) is 0 Å². The molecule has 0 amide bonds. The van der Waals surface area contributed by atoms with Crippen molar-refractivity contribution in [2.75, 3.05) is 25.0 Å². The van der Waals surface area contributed by atoms with Crippen molar-refractivity contribution in [1.82, 2.24) is 5.32 Å². The molecule has 2 nitrogen and oxygen atoms in total. The Hall–Kier alpha value is -1.16. The highest BCUT2D eigenvalue weighted by Gasteiger charge is 2.12. The zero-order valence-electron chi connectivity index (χ0n) is 10.5. The molecule has 0 atom stereocenters. The van der Waals surface area contributed by atoms with E-state index in [0.717, 1.165) is 37.7 Å². The third-order valence-electron chi connectivity index (χ3n) is 3.50. The summed E-state index contributed by atoms with van der Waals surface area (Å²) in [7, 11) is 0. The number of nitrogens with one attached hydrogen (secondary N) is 2. The average Bonchev–Trinajstić information content (AvgIpc) is 2.40. The molecule has 1 aromatic carbocycles. The normalized spacial score (nSPS) is 17.1. The fourth-order valence-corrected chi connectivity index (χ4v) is 2.34. The molecular weight excluding hydrogens is 234 g/mol. The van der Waals surface area contributed by atoms with Gasteiger partial charge in [0.25, 0.3) is 6.43 Å². The number of rotatable bonds is 5. The molecule has 1 heterocycles. The molecule has 18 heavy (non-hydrogen) atoms. The maximum Gasteiger partial charge on any atom is 0.263 e. The van der Waals surface area contributed by atoms with Gasteiger partial charge in [-0.15, -0.1) is 0 Å². The summed E-state index contributed by atoms with van der Waals surface area (Å²) in [5.74, 6) is 0.791. The number of alkyl halides is 2. The minimum absolute atomic E-state index is 0.0823. The number of halogens is 2. The Morgan fingerprint density at radius 2 is 1.83 bits per heavy atom. The van der Waals surface area contributed by atoms with Gasteiger partial charge in [0, 0.05) is 17.8 Å². The Morgan fingerprint density at radius 3 is 2.44 bits per heavy atom. The molecule has 0 saturated carbocycles. The predicted molar refractivity (Wildman–Crippen MR) is 70.1 cm³/mol. The average molecular weight is 254 g/mol. The Labute approximate surface area is 107 Å². The van der Waals surface area contributed by atoms with E-state index in [1.807, 2.05) is 0 Å². The van der Waals surface area contributed by atoms with Gasteiger partial charge in [0.05, 0.1) is 0 Å². The Morgan fingerprint density at radius 1 is 1.17 bits per heavy atom. The van der Waals surface area contributed by atoms with E-state index in [1.54, 1.807) is 12.1 Å². The second-order valence-electron chi connectivity index (χ2n) is 4.83. The molecular formula is C14H20F2N2. The van der Waals surface area contributed by atoms with Gasteiger partial charge >= 0.3 is 0 Å². The van der Waals surface area contributed by atoms with Crippen molar-refractivity contribution >= 4 is 5.69 Å². The molecule has 0 aliphatic carbocycles. The lowest BCUT2D eigenvalue weighted by molar-refractivity contribution is 0.151. The second kappa shape index (κ2) is 6.69. The standard InChI is InChI=1S/C14H20F2N2/c15-14(16)12-1-3-13(4-2-12)18-10-7-11-5-8-17-9-6-11/h1-4,11,14,17-18H,5-10H2. The lowest BCUT2D eigenvalue weighted by Crippen LogP contribution is -2.28. The maximum atomic E-state index is 12.4. The number of anilines is 1. The highest BCUT2D eigenvalue weighted by molar-refractivity contribution is 5.44. The number of piperidine rings is 1. The lowest BCUT2D eigenvalue weighted by Gasteiger charge is -2.22. The summed E-state index contributed by atoms with van der Waals surface area (Å²) in [6.45, 7) is 3.15. The lowest BCUT2D eigenvalue weighted by atomic mass is 9.95. The van der Waals surface area contributed by atoms with Crippen LogP contribution in [0.2, 0.25) is 0 Å². The first kappa shape index (κ1) is 13.3. The zero-order valence-corrected chi connectivity index (χ0v) is 10.5. The van der Waals surface area contributed by atoms with E-state index in [4.69, 9.17) is 0 Å². The van der Waals surface area contributed by atoms with Crippen molar-refractivity contribution in [2.24, 2.45) is 5.92 Å². The molecule has 1 fully saturated rings. The molecule has 0 spiro atoms. The minimum atomic E-state index is -2.38. The van der Waals surface area contributed by atoms with Crippen LogP contribution in [0.5, 0.6) is 0 Å². The van der Waals surface area contributed by atoms with Gasteiger partial charge in [-0.05, 0) is 50.4 Å². The van der Waals surface area contributed by atoms with E-state index in [1.165, 1.54) is 25.0 Å². The van der Waals surface area contributed by atoms with Crippen molar-refractivity contribution < 1.29 is 8.78 Å². The van der Waals surface area contributed by atoms with Gasteiger partial charge in [-0.25, -0.2) is 8.78 Å². The van der Waals surface area contributed by atoms with Crippen molar-refractivity contribution in [3.05, 3.63) is 29.8 Å². The summed E-state index contributed by atoms with van der Waals surface area (Å²) >= 11 is 0. The van der Waals surface area contributed by atoms with E-state index in [-0.39, 0.29) is 5.56 Å². The topological polar surface area (TPSA) is 24.1 Å². The van der Waals surface area contributed by atoms with E-state index >= 15 is 0 Å². The fourth-order valence-electron chi connectivity index (χ4n) is 2.34. The highest BCUT2D eigenvalue weighted by Crippen LogP contribution is 2.21. The number of hydrogen-bond donors (Lipinski definition) is 2. The Kier molecular flexibility index (Phi) is 4.93. The predicted octanol–water partition coefficient (Wildman–Crippen LogP) is 3.43. The van der Waals surface area contributed by atoms with Crippen LogP contribution in [0.4, 0.5) is 14.5 Å². The smallest absolute Gasteiger partial charge is 0.263 e. The molecule has 4 heteroatoms. The molecule has 1 saturated heterocycles. The Bertz CT molecular complexity index is 345. The van der Waals surface area contributed by atoms with E-state index in [2.05, 4.69) is 10.6 Å². The van der Waals surface area contributed by atoms with Crippen molar-refractivity contribution in [3.8, 4) is 0 Å². The molecule has 2 rings (SSSR count). The monoisotopic (exact) mass is 254 g/mol. The van der Waals surface area contributed by atoms with Crippen LogP contribution in [-0.4, -0.2) is 19.6 Å². The molecule has 0 radical (unpaired) electrons. The minimum Gasteiger partial charge on any atom is -0.385 e. The van der Waals surface area contributed by atoms with Crippen LogP contribution in [-0.2, 0) is 0 Å². The number of hydrogen-bond acceptors (Lipinski definition) is 2. The highest BCUT2D eigenvalue weighted by atomic mass is 19.3. The summed E-state index contributed by atoms with van der Waals surface area (Å²) < 4.78 is 24.7. The van der Waals surface area contributed by atoms with Crippen LogP contribution < -0.4 is 10.6 Å². The van der Waals surface area contributed by atoms with Gasteiger partial charge in [0.15, 0.2) is 0 Å². The first-order valence-electron chi connectivity index (χ1n) is 6.58. The molecule has 1 aliphatic heterocycles. The van der Waals surface area contributed by atoms with E-state index in [9.17, 15) is 8.78 Å². The fraction of sp³-hybridized carbons (Fsp3) is 0.571. The van der Waals surface area contributed by atoms with Crippen LogP contribution >= 0.6 is 0 Å². The van der Waals surface area contributed by atoms with Crippen molar-refractivity contribution in [1.29, 1.82) is 0 Å². The van der Waals surface area contributed by atoms with Gasteiger partial charge in [0.2, 0.25) is 0 Å². The maximum absolute atomic E-state index is 12.4. The summed E-state index contributed by atoms with van der Waals surface area (Å²) in [6, 6.07) is 6.42. The van der Waals surface area contributed by atoms with Crippen LogP contribution in [0.15, 0.2) is 24.3 Å². The zero-order chi connectivity index (χ0) is 12.8. The molecule has 0 aromatic heterocycles. The van der Waals surface area contributed by atoms with E-state index < -0.39 is 6.43 Å². The molecule has 2 N–H and O–H groups in total. The van der Waals surface area contributed by atoms with Crippen LogP contribution in [0, 0.1) is 5.92 Å². The van der Waals surface area contributed by atoms with Crippen LogP contribution in [0.3, 0.4) is 0 Å². The SMILES string of the molecule is FC(F)c1ccc(NCCC2CCNCC2)cc1. The summed E-state index contributed by atoms with van der Waals surface area (Å²) in [4.78, 5) is 0. The van der Waals surface area contributed by atoms with Gasteiger partial charge in [-0.1, -0.05) is 12.1 Å². The van der Waals surface area contributed by atoms with Gasteiger partial charge in [-0.2, -0.15) is 0 Å².